The number of carbonyl (C=O) groups excluding carboxylic acids is 1. The number of aldehydes is 1. The lowest BCUT2D eigenvalue weighted by Gasteiger charge is -2.27. The molecule has 4 aliphatic heterocycles. The van der Waals surface area contributed by atoms with E-state index in [0.29, 0.717) is 19.4 Å². The molecule has 2 aromatic carbocycles. The molecular weight excluding hydrogens is 741 g/mol. The number of carbonyl (C=O) groups is 1. The van der Waals surface area contributed by atoms with E-state index in [2.05, 4.69) is 0 Å². The van der Waals surface area contributed by atoms with Gasteiger partial charge in [-0.25, -0.2) is 16.8 Å². The Hall–Kier alpha value is -2.57. The molecule has 4 aliphatic rings. The van der Waals surface area contributed by atoms with Gasteiger partial charge < -0.3 is 42.7 Å². The lowest BCUT2D eigenvalue weighted by atomic mass is 9.94. The summed E-state index contributed by atoms with van der Waals surface area (Å²) in [5, 5.41) is 0. The molecule has 6 rings (SSSR count). The van der Waals surface area contributed by atoms with Gasteiger partial charge in [-0.1, -0.05) is 48.6 Å². The quantitative estimate of drug-likeness (QED) is 0.178. The number of benzene rings is 2. The minimum atomic E-state index is -3.70. The van der Waals surface area contributed by atoms with Gasteiger partial charge in [0, 0.05) is 38.9 Å². The van der Waals surface area contributed by atoms with Gasteiger partial charge in [-0.3, -0.25) is 0 Å². The van der Waals surface area contributed by atoms with Crippen LogP contribution in [0.25, 0.3) is 0 Å². The SMILES string of the molecule is CO[C@@H]1[C@@H](CS(=O)(=O)c2ccccc2)[C@H](C/C=C/CC2(C)OCC([C@H]3O[C@@H](CC=O)[C@H](CS(=O)(=O)c4ccccc4)[C@H]3OC)O2)O[C@@H]1C1COC(C)(C)O1. The van der Waals surface area contributed by atoms with Crippen molar-refractivity contribution in [2.75, 3.05) is 38.9 Å². The third-order valence-corrected chi connectivity index (χ3v) is 14.4. The zero-order chi connectivity index (χ0) is 38.7. The molecule has 0 bridgehead atoms. The molecule has 54 heavy (non-hydrogen) atoms. The summed E-state index contributed by atoms with van der Waals surface area (Å²) in [5.74, 6) is -3.37. The van der Waals surface area contributed by atoms with Gasteiger partial charge >= 0.3 is 0 Å². The highest BCUT2D eigenvalue weighted by Crippen LogP contribution is 2.41. The van der Waals surface area contributed by atoms with Gasteiger partial charge in [0.1, 0.15) is 30.7 Å². The van der Waals surface area contributed by atoms with Crippen LogP contribution in [0.4, 0.5) is 0 Å². The zero-order valence-electron chi connectivity index (χ0n) is 31.4. The highest BCUT2D eigenvalue weighted by molar-refractivity contribution is 7.91. The molecule has 13 nitrogen and oxygen atoms in total. The first kappa shape index (κ1) is 41.1. The number of hydrogen-bond donors (Lipinski definition) is 0. The smallest absolute Gasteiger partial charge is 0.178 e. The van der Waals surface area contributed by atoms with Gasteiger partial charge in [-0.15, -0.1) is 0 Å². The maximum absolute atomic E-state index is 13.6. The predicted octanol–water partition coefficient (Wildman–Crippen LogP) is 3.94. The Morgan fingerprint density at radius 2 is 1.17 bits per heavy atom. The maximum Gasteiger partial charge on any atom is 0.178 e. The normalized spacial score (nSPS) is 35.6. The number of hydrogen-bond acceptors (Lipinski definition) is 13. The molecule has 0 aliphatic carbocycles. The summed E-state index contributed by atoms with van der Waals surface area (Å²) in [5.41, 5.74) is 0. The predicted molar refractivity (Wildman–Crippen MR) is 196 cm³/mol. The second-order valence-electron chi connectivity index (χ2n) is 15.0. The Kier molecular flexibility index (Phi) is 12.8. The molecule has 0 aromatic heterocycles. The van der Waals surface area contributed by atoms with Crippen molar-refractivity contribution in [1.29, 1.82) is 0 Å². The van der Waals surface area contributed by atoms with E-state index in [1.807, 2.05) is 32.9 Å². The third-order valence-electron chi connectivity index (χ3n) is 10.8. The fraction of sp³-hybridized carbons (Fsp3) is 0.615. The number of sulfone groups is 2. The van der Waals surface area contributed by atoms with Crippen LogP contribution in [0, 0.1) is 11.8 Å². The van der Waals surface area contributed by atoms with E-state index in [1.165, 1.54) is 7.11 Å². The molecule has 11 atom stereocenters. The van der Waals surface area contributed by atoms with Gasteiger partial charge in [0.25, 0.3) is 0 Å². The van der Waals surface area contributed by atoms with Crippen molar-refractivity contribution in [2.45, 2.75) is 110 Å². The lowest BCUT2D eigenvalue weighted by molar-refractivity contribution is -0.172. The van der Waals surface area contributed by atoms with Crippen LogP contribution in [0.3, 0.4) is 0 Å². The Balaban J connectivity index is 1.12. The van der Waals surface area contributed by atoms with Crippen molar-refractivity contribution in [3.8, 4) is 0 Å². The minimum Gasteiger partial charge on any atom is -0.378 e. The first-order valence-electron chi connectivity index (χ1n) is 18.3. The van der Waals surface area contributed by atoms with E-state index in [1.54, 1.807) is 67.8 Å². The van der Waals surface area contributed by atoms with Crippen molar-refractivity contribution in [3.63, 3.8) is 0 Å². The van der Waals surface area contributed by atoms with Crippen molar-refractivity contribution in [3.05, 3.63) is 72.8 Å². The fourth-order valence-corrected chi connectivity index (χ4v) is 11.5. The summed E-state index contributed by atoms with van der Waals surface area (Å²) in [6.07, 6.45) is 0.696. The van der Waals surface area contributed by atoms with Crippen LogP contribution >= 0.6 is 0 Å². The highest BCUT2D eigenvalue weighted by atomic mass is 32.2. The third kappa shape index (κ3) is 9.17. The molecule has 4 fully saturated rings. The zero-order valence-corrected chi connectivity index (χ0v) is 33.0. The van der Waals surface area contributed by atoms with E-state index in [9.17, 15) is 21.6 Å². The molecule has 15 heteroatoms. The Morgan fingerprint density at radius 1 is 0.685 bits per heavy atom. The Bertz CT molecular complexity index is 1800. The van der Waals surface area contributed by atoms with Gasteiger partial charge in [0.15, 0.2) is 31.2 Å². The summed E-state index contributed by atoms with van der Waals surface area (Å²) in [4.78, 5) is 12.0. The average molecular weight is 793 g/mol. The summed E-state index contributed by atoms with van der Waals surface area (Å²) in [7, 11) is -4.31. The molecule has 0 radical (unpaired) electrons. The first-order chi connectivity index (χ1) is 25.7. The standard InChI is InChI=1S/C39H52O13S2/c1-38(2)47-22-32(51-38)36-34(45-4)28(24-53(41,42)26-14-8-6-9-15-26)30(49-36)18-12-13-20-39(3)48-23-33(52-39)37-35(46-5)29(31(50-37)19-21-40)25-54(43,44)27-16-10-7-11-17-27/h6-17,21,28-37H,18-20,22-25H2,1-5H3/b13-12+/t28-,29-,30-,31-,32?,33?,34+,35+,36+,37+,39?/m0/s1. The Morgan fingerprint density at radius 3 is 1.63 bits per heavy atom. The van der Waals surface area contributed by atoms with Crippen LogP contribution in [0.1, 0.15) is 40.0 Å². The van der Waals surface area contributed by atoms with Crippen LogP contribution in [-0.2, 0) is 62.4 Å². The van der Waals surface area contributed by atoms with Gasteiger partial charge in [-0.05, 0) is 51.5 Å². The molecule has 0 saturated carbocycles. The summed E-state index contributed by atoms with van der Waals surface area (Å²) in [6.45, 7) is 5.92. The monoisotopic (exact) mass is 792 g/mol. The largest absolute Gasteiger partial charge is 0.378 e. The Labute approximate surface area is 318 Å². The van der Waals surface area contributed by atoms with Crippen LogP contribution in [0.15, 0.2) is 82.6 Å². The second-order valence-corrected chi connectivity index (χ2v) is 19.0. The van der Waals surface area contributed by atoms with Crippen molar-refractivity contribution < 1.29 is 59.5 Å². The average Bonchev–Trinajstić information content (AvgIpc) is 3.90. The minimum absolute atomic E-state index is 0.0121. The topological polar surface area (TPSA) is 159 Å². The summed E-state index contributed by atoms with van der Waals surface area (Å²) >= 11 is 0. The van der Waals surface area contributed by atoms with Gasteiger partial charge in [0.05, 0.1) is 58.9 Å². The maximum atomic E-state index is 13.6. The number of ether oxygens (including phenoxy) is 8. The van der Waals surface area contributed by atoms with E-state index in [0.717, 1.165) is 6.29 Å². The lowest BCUT2D eigenvalue weighted by Crippen LogP contribution is -2.42. The highest BCUT2D eigenvalue weighted by Gasteiger charge is 2.54. The molecule has 0 spiro atoms. The number of rotatable bonds is 16. The molecule has 4 saturated heterocycles. The summed E-state index contributed by atoms with van der Waals surface area (Å²) < 4.78 is 103. The van der Waals surface area contributed by atoms with Crippen molar-refractivity contribution in [1.82, 2.24) is 0 Å². The fourth-order valence-electron chi connectivity index (χ4n) is 8.12. The van der Waals surface area contributed by atoms with Crippen molar-refractivity contribution in [2.24, 2.45) is 11.8 Å². The van der Waals surface area contributed by atoms with E-state index in [-0.39, 0.29) is 34.3 Å². The van der Waals surface area contributed by atoms with E-state index < -0.39 is 91.9 Å². The molecule has 4 heterocycles. The molecule has 0 amide bonds. The second kappa shape index (κ2) is 16.9. The molecule has 3 unspecified atom stereocenters. The van der Waals surface area contributed by atoms with Crippen LogP contribution < -0.4 is 0 Å². The van der Waals surface area contributed by atoms with Gasteiger partial charge in [0.2, 0.25) is 0 Å². The van der Waals surface area contributed by atoms with Crippen LogP contribution in [0.5, 0.6) is 0 Å². The molecule has 298 valence electrons. The molecule has 2 aromatic rings. The number of methoxy groups -OCH3 is 2. The van der Waals surface area contributed by atoms with Crippen LogP contribution in [-0.4, -0.2) is 122 Å². The summed E-state index contributed by atoms with van der Waals surface area (Å²) in [6, 6.07) is 16.5. The van der Waals surface area contributed by atoms with Crippen molar-refractivity contribution >= 4 is 26.0 Å². The first-order valence-corrected chi connectivity index (χ1v) is 21.6. The molecular formula is C39H52O13S2. The van der Waals surface area contributed by atoms with E-state index >= 15 is 0 Å². The van der Waals surface area contributed by atoms with Crippen LogP contribution in [0.2, 0.25) is 0 Å². The van der Waals surface area contributed by atoms with Gasteiger partial charge in [-0.2, -0.15) is 0 Å². The van der Waals surface area contributed by atoms with E-state index in [4.69, 9.17) is 37.9 Å². The molecule has 0 N–H and O–H groups in total.